The first kappa shape index (κ1) is 47.2. The van der Waals surface area contributed by atoms with Gasteiger partial charge >= 0.3 is 0 Å². The number of piperazine rings is 1. The molecule has 7 rings (SSSR count). The number of rotatable bonds is 21. The van der Waals surface area contributed by atoms with Crippen LogP contribution in [-0.4, -0.2) is 112 Å². The van der Waals surface area contributed by atoms with Crippen LogP contribution in [0.2, 0.25) is 0 Å². The van der Waals surface area contributed by atoms with Gasteiger partial charge in [-0.2, -0.15) is 5.10 Å². The van der Waals surface area contributed by atoms with Crippen LogP contribution in [0.25, 0.3) is 10.8 Å². The van der Waals surface area contributed by atoms with E-state index in [1.54, 1.807) is 52.3 Å². The lowest BCUT2D eigenvalue weighted by Crippen LogP contribution is -2.54. The molecule has 1 atom stereocenters. The Bertz CT molecular complexity index is 2540. The molecule has 3 aliphatic rings. The normalized spacial score (nSPS) is 16.1. The molecule has 1 unspecified atom stereocenters. The Balaban J connectivity index is 0.695. The van der Waals surface area contributed by atoms with E-state index >= 15 is 0 Å². The van der Waals surface area contributed by atoms with Gasteiger partial charge in [0.1, 0.15) is 11.9 Å². The Morgan fingerprint density at radius 2 is 1.41 bits per heavy atom. The minimum atomic E-state index is -1.02. The molecule has 3 aromatic carbocycles. The molecule has 4 aromatic rings. The first-order valence-electron chi connectivity index (χ1n) is 23.2. The second-order valence-electron chi connectivity index (χ2n) is 17.2. The molecule has 1 aromatic heterocycles. The molecule has 0 saturated carbocycles. The van der Waals surface area contributed by atoms with Crippen LogP contribution >= 0.6 is 0 Å². The number of hydrogen-bond acceptors (Lipinski definition) is 10. The van der Waals surface area contributed by atoms with Gasteiger partial charge in [-0.05, 0) is 68.0 Å². The minimum Gasteiger partial charge on any atom is -0.384 e. The van der Waals surface area contributed by atoms with Gasteiger partial charge in [0.15, 0.2) is 0 Å². The summed E-state index contributed by atoms with van der Waals surface area (Å²) in [5.74, 6) is -3.11. The summed E-state index contributed by atoms with van der Waals surface area (Å²) in [6, 6.07) is 15.5. The van der Waals surface area contributed by atoms with Crippen molar-refractivity contribution < 1.29 is 38.0 Å². The van der Waals surface area contributed by atoms with Gasteiger partial charge in [-0.25, -0.2) is 9.49 Å². The van der Waals surface area contributed by atoms with Gasteiger partial charge in [0.05, 0.1) is 27.8 Å². The number of nitrogens with one attached hydrogen (secondary N) is 4. The predicted octanol–water partition coefficient (Wildman–Crippen LogP) is 5.25. The summed E-state index contributed by atoms with van der Waals surface area (Å²) in [4.78, 5) is 105. The Labute approximate surface area is 382 Å². The second-order valence-corrected chi connectivity index (χ2v) is 17.2. The van der Waals surface area contributed by atoms with Gasteiger partial charge < -0.3 is 20.4 Å². The molecule has 0 bridgehead atoms. The number of anilines is 1. The van der Waals surface area contributed by atoms with E-state index in [2.05, 4.69) is 26.1 Å². The fourth-order valence-corrected chi connectivity index (χ4v) is 8.91. The highest BCUT2D eigenvalue weighted by molar-refractivity contribution is 6.25. The first-order valence-corrected chi connectivity index (χ1v) is 23.2. The average molecular weight is 905 g/mol. The highest BCUT2D eigenvalue weighted by Gasteiger charge is 2.45. The third-order valence-electron chi connectivity index (χ3n) is 12.6. The summed E-state index contributed by atoms with van der Waals surface area (Å²) in [5, 5.41) is 16.3. The largest absolute Gasteiger partial charge is 0.384 e. The van der Waals surface area contributed by atoms with Crippen LogP contribution in [0.5, 0.6) is 0 Å². The molecular formula is C49H57FN8O8. The number of hydrogen-bond donors (Lipinski definition) is 4. The molecule has 66 heavy (non-hydrogen) atoms. The van der Waals surface area contributed by atoms with Crippen LogP contribution in [-0.2, 0) is 25.6 Å². The third-order valence-corrected chi connectivity index (χ3v) is 12.6. The minimum absolute atomic E-state index is 0.0189. The van der Waals surface area contributed by atoms with Crippen LogP contribution in [0.15, 0.2) is 65.5 Å². The van der Waals surface area contributed by atoms with Crippen molar-refractivity contribution in [3.63, 3.8) is 0 Å². The van der Waals surface area contributed by atoms with Gasteiger partial charge in [0.2, 0.25) is 23.6 Å². The number of amides is 7. The smallest absolute Gasteiger partial charge is 0.272 e. The molecule has 0 radical (unpaired) electrons. The Morgan fingerprint density at radius 3 is 2.15 bits per heavy atom. The fourth-order valence-electron chi connectivity index (χ4n) is 8.91. The molecule has 2 saturated heterocycles. The number of H-pyrrole nitrogens is 1. The van der Waals surface area contributed by atoms with Crippen molar-refractivity contribution in [2.45, 2.75) is 102 Å². The summed E-state index contributed by atoms with van der Waals surface area (Å²) < 4.78 is 14.9. The maximum Gasteiger partial charge on any atom is 0.272 e. The molecular weight excluding hydrogens is 848 g/mol. The Kier molecular flexibility index (Phi) is 16.0. The number of unbranched alkanes of at least 4 members (excludes halogenated alkanes) is 8. The van der Waals surface area contributed by atoms with E-state index in [0.717, 1.165) is 69.1 Å². The number of carbonyl (C=O) groups is 7. The molecule has 3 aliphatic heterocycles. The maximum absolute atomic E-state index is 14.9. The van der Waals surface area contributed by atoms with Crippen molar-refractivity contribution in [3.8, 4) is 0 Å². The zero-order valence-corrected chi connectivity index (χ0v) is 37.1. The zero-order valence-electron chi connectivity index (χ0n) is 37.1. The zero-order chi connectivity index (χ0) is 46.6. The van der Waals surface area contributed by atoms with Crippen molar-refractivity contribution in [1.29, 1.82) is 0 Å². The van der Waals surface area contributed by atoms with Gasteiger partial charge in [-0.1, -0.05) is 68.9 Å². The van der Waals surface area contributed by atoms with Gasteiger partial charge in [0, 0.05) is 76.0 Å². The molecule has 16 nitrogen and oxygen atoms in total. The summed E-state index contributed by atoms with van der Waals surface area (Å²) in [6.07, 6.45) is 10.6. The van der Waals surface area contributed by atoms with E-state index < -0.39 is 41.4 Å². The summed E-state index contributed by atoms with van der Waals surface area (Å²) in [7, 11) is 0. The molecule has 2 fully saturated rings. The third kappa shape index (κ3) is 11.5. The number of piperidine rings is 1. The summed E-state index contributed by atoms with van der Waals surface area (Å²) in [5.41, 5.74) is 1.95. The number of carbonyl (C=O) groups excluding carboxylic acids is 7. The number of nitrogens with zero attached hydrogens (tertiary/aromatic N) is 4. The van der Waals surface area contributed by atoms with E-state index in [1.165, 1.54) is 6.07 Å². The lowest BCUT2D eigenvalue weighted by Gasteiger charge is -2.35. The first-order chi connectivity index (χ1) is 32.0. The van der Waals surface area contributed by atoms with Crippen molar-refractivity contribution in [1.82, 2.24) is 35.5 Å². The molecule has 7 amide bonds. The molecule has 17 heteroatoms. The number of aromatic nitrogens is 2. The van der Waals surface area contributed by atoms with Crippen molar-refractivity contribution >= 4 is 57.8 Å². The van der Waals surface area contributed by atoms with E-state index in [4.69, 9.17) is 0 Å². The molecule has 4 N–H and O–H groups in total. The Hall–Kier alpha value is -6.78. The maximum atomic E-state index is 14.9. The van der Waals surface area contributed by atoms with Crippen LogP contribution in [0.4, 0.5) is 10.1 Å². The number of fused-ring (bicyclic) bond motifs is 2. The fraction of sp³-hybridized carbons (Fsp3) is 0.449. The molecule has 0 spiro atoms. The molecule has 4 heterocycles. The quantitative estimate of drug-likeness (QED) is 0.0631. The lowest BCUT2D eigenvalue weighted by molar-refractivity contribution is -0.136. The Morgan fingerprint density at radius 1 is 0.727 bits per heavy atom. The van der Waals surface area contributed by atoms with Crippen molar-refractivity contribution in [2.75, 3.05) is 44.6 Å². The van der Waals surface area contributed by atoms with Crippen molar-refractivity contribution in [2.24, 2.45) is 0 Å². The van der Waals surface area contributed by atoms with Crippen molar-refractivity contribution in [3.05, 3.63) is 105 Å². The lowest BCUT2D eigenvalue weighted by atomic mass is 10.0. The van der Waals surface area contributed by atoms with Crippen LogP contribution in [0, 0.1) is 5.82 Å². The second kappa shape index (κ2) is 22.4. The predicted molar refractivity (Wildman–Crippen MR) is 244 cm³/mol. The highest BCUT2D eigenvalue weighted by Crippen LogP contribution is 2.32. The van der Waals surface area contributed by atoms with Crippen LogP contribution in [0.1, 0.15) is 132 Å². The molecule has 348 valence electrons. The van der Waals surface area contributed by atoms with Crippen LogP contribution < -0.4 is 21.5 Å². The van der Waals surface area contributed by atoms with E-state index in [-0.39, 0.29) is 46.9 Å². The highest BCUT2D eigenvalue weighted by atomic mass is 19.1. The van der Waals surface area contributed by atoms with Gasteiger partial charge in [-0.15, -0.1) is 0 Å². The monoisotopic (exact) mass is 904 g/mol. The number of imide groups is 2. The summed E-state index contributed by atoms with van der Waals surface area (Å²) in [6.45, 7) is 2.50. The topological polar surface area (TPSA) is 211 Å². The number of aromatic amines is 1. The number of halogens is 1. The van der Waals surface area contributed by atoms with Crippen LogP contribution in [0.3, 0.4) is 0 Å². The van der Waals surface area contributed by atoms with E-state index in [0.29, 0.717) is 86.2 Å². The van der Waals surface area contributed by atoms with E-state index in [1.807, 2.05) is 12.1 Å². The van der Waals surface area contributed by atoms with Gasteiger partial charge in [0.25, 0.3) is 23.3 Å². The van der Waals surface area contributed by atoms with Gasteiger partial charge in [-0.3, -0.25) is 48.6 Å². The van der Waals surface area contributed by atoms with E-state index in [9.17, 15) is 42.7 Å². The molecule has 0 aliphatic carbocycles. The number of benzene rings is 3. The summed E-state index contributed by atoms with van der Waals surface area (Å²) >= 11 is 0. The SMILES string of the molecule is O=C(CCCCCCCCCCC(=O)N1CCN(C(=O)c2cc(Cc3n[nH]c(=O)c4ccccc34)ccc2F)CC1)NCCCCNc1cccc2c1C(=O)N(C1CCC(=O)NC1=O)C2=O. The standard InChI is InChI=1S/C49H57FN8O8/c50-37-21-20-32(31-39-33-14-9-10-15-34(33)45(62)55-54-39)30-36(37)47(64)57-28-26-56(27-29-57)43(61)19-8-6-4-2-1-3-5-7-18-41(59)52-25-12-11-24-51-38-17-13-16-35-44(38)49(66)58(48(35)65)40-22-23-42(60)53-46(40)63/h9-10,13-17,20-21,30,40,51H,1-8,11-12,18-19,22-29,31H2,(H,52,59)(H,55,62)(H,53,60,63). The average Bonchev–Trinajstić information content (AvgIpc) is 3.58.